The SMILES string of the molecule is CCCNc1ccc(C(=O)OCC(O)CN2CCOCC2)cc1. The molecule has 1 heterocycles. The van der Waals surface area contributed by atoms with Crippen LogP contribution < -0.4 is 5.32 Å². The normalized spacial score (nSPS) is 16.8. The minimum atomic E-state index is -0.678. The summed E-state index contributed by atoms with van der Waals surface area (Å²) in [4.78, 5) is 14.1. The monoisotopic (exact) mass is 322 g/mol. The van der Waals surface area contributed by atoms with Crippen LogP contribution in [-0.4, -0.2) is 68.1 Å². The Bertz CT molecular complexity index is 472. The van der Waals surface area contributed by atoms with Gasteiger partial charge in [0.2, 0.25) is 0 Å². The van der Waals surface area contributed by atoms with E-state index in [1.807, 2.05) is 12.1 Å². The maximum Gasteiger partial charge on any atom is 0.338 e. The maximum absolute atomic E-state index is 12.0. The second-order valence-corrected chi connectivity index (χ2v) is 5.67. The Kier molecular flexibility index (Phi) is 7.32. The number of hydrogen-bond acceptors (Lipinski definition) is 6. The molecule has 2 N–H and O–H groups in total. The van der Waals surface area contributed by atoms with Gasteiger partial charge in [-0.15, -0.1) is 0 Å². The van der Waals surface area contributed by atoms with Crippen LogP contribution >= 0.6 is 0 Å². The first-order valence-electron chi connectivity index (χ1n) is 8.18. The molecule has 6 nitrogen and oxygen atoms in total. The van der Waals surface area contributed by atoms with Crippen LogP contribution in [0.5, 0.6) is 0 Å². The second-order valence-electron chi connectivity index (χ2n) is 5.67. The number of anilines is 1. The number of rotatable bonds is 8. The molecular weight excluding hydrogens is 296 g/mol. The van der Waals surface area contributed by atoms with E-state index in [1.54, 1.807) is 12.1 Å². The summed E-state index contributed by atoms with van der Waals surface area (Å²) >= 11 is 0. The number of nitrogens with zero attached hydrogens (tertiary/aromatic N) is 1. The molecule has 1 unspecified atom stereocenters. The van der Waals surface area contributed by atoms with Crippen LogP contribution in [0.1, 0.15) is 23.7 Å². The first-order valence-corrected chi connectivity index (χ1v) is 8.18. The van der Waals surface area contributed by atoms with E-state index < -0.39 is 12.1 Å². The van der Waals surface area contributed by atoms with Gasteiger partial charge in [0.25, 0.3) is 0 Å². The Hall–Kier alpha value is -1.63. The van der Waals surface area contributed by atoms with E-state index in [-0.39, 0.29) is 6.61 Å². The van der Waals surface area contributed by atoms with Gasteiger partial charge in [0.15, 0.2) is 0 Å². The van der Waals surface area contributed by atoms with Crippen molar-refractivity contribution in [1.29, 1.82) is 0 Å². The molecule has 1 fully saturated rings. The molecule has 1 aromatic carbocycles. The molecule has 1 aliphatic heterocycles. The summed E-state index contributed by atoms with van der Waals surface area (Å²) in [6.45, 7) is 6.48. The molecule has 2 rings (SSSR count). The molecule has 0 aromatic heterocycles. The van der Waals surface area contributed by atoms with E-state index in [0.29, 0.717) is 25.3 Å². The van der Waals surface area contributed by atoms with Crippen molar-refractivity contribution in [3.05, 3.63) is 29.8 Å². The van der Waals surface area contributed by atoms with E-state index in [0.717, 1.165) is 31.7 Å². The fraction of sp³-hybridized carbons (Fsp3) is 0.588. The number of ether oxygens (including phenoxy) is 2. The highest BCUT2D eigenvalue weighted by Crippen LogP contribution is 2.11. The molecule has 0 saturated carbocycles. The quantitative estimate of drug-likeness (QED) is 0.704. The van der Waals surface area contributed by atoms with Crippen LogP contribution in [0.4, 0.5) is 5.69 Å². The number of carbonyl (C=O) groups excluding carboxylic acids is 1. The zero-order chi connectivity index (χ0) is 16.5. The third-order valence-electron chi connectivity index (χ3n) is 3.68. The van der Waals surface area contributed by atoms with Crippen LogP contribution in [0.3, 0.4) is 0 Å². The van der Waals surface area contributed by atoms with Gasteiger partial charge in [0, 0.05) is 31.9 Å². The molecule has 0 aliphatic carbocycles. The van der Waals surface area contributed by atoms with Gasteiger partial charge >= 0.3 is 5.97 Å². The fourth-order valence-electron chi connectivity index (χ4n) is 2.38. The number of aliphatic hydroxyl groups excluding tert-OH is 1. The molecule has 1 aliphatic rings. The van der Waals surface area contributed by atoms with Crippen molar-refractivity contribution >= 4 is 11.7 Å². The lowest BCUT2D eigenvalue weighted by atomic mass is 10.2. The van der Waals surface area contributed by atoms with Gasteiger partial charge in [0.05, 0.1) is 18.8 Å². The van der Waals surface area contributed by atoms with Crippen LogP contribution in [-0.2, 0) is 9.47 Å². The summed E-state index contributed by atoms with van der Waals surface area (Å²) in [5, 5.41) is 13.2. The minimum absolute atomic E-state index is 0.00598. The van der Waals surface area contributed by atoms with Crippen molar-refractivity contribution in [1.82, 2.24) is 4.90 Å². The Labute approximate surface area is 137 Å². The average Bonchev–Trinajstić information content (AvgIpc) is 2.59. The van der Waals surface area contributed by atoms with Gasteiger partial charge in [-0.2, -0.15) is 0 Å². The fourth-order valence-corrected chi connectivity index (χ4v) is 2.38. The van der Waals surface area contributed by atoms with Gasteiger partial charge in [-0.3, -0.25) is 4.90 Å². The first-order chi connectivity index (χ1) is 11.2. The highest BCUT2D eigenvalue weighted by atomic mass is 16.5. The smallest absolute Gasteiger partial charge is 0.338 e. The predicted molar refractivity (Wildman–Crippen MR) is 88.8 cm³/mol. The summed E-state index contributed by atoms with van der Waals surface area (Å²) < 4.78 is 10.4. The van der Waals surface area contributed by atoms with Gasteiger partial charge < -0.3 is 19.9 Å². The van der Waals surface area contributed by atoms with Gasteiger partial charge in [-0.25, -0.2) is 4.79 Å². The number of carbonyl (C=O) groups is 1. The Morgan fingerprint density at radius 3 is 2.70 bits per heavy atom. The first kappa shape index (κ1) is 17.7. The lowest BCUT2D eigenvalue weighted by Gasteiger charge is -2.28. The molecule has 0 radical (unpaired) electrons. The number of aliphatic hydroxyl groups is 1. The molecule has 0 spiro atoms. The number of benzene rings is 1. The van der Waals surface area contributed by atoms with Gasteiger partial charge in [-0.1, -0.05) is 6.92 Å². The van der Waals surface area contributed by atoms with Gasteiger partial charge in [0.1, 0.15) is 12.7 Å². The lowest BCUT2D eigenvalue weighted by molar-refractivity contribution is -0.00891. The van der Waals surface area contributed by atoms with Crippen molar-refractivity contribution < 1.29 is 19.4 Å². The Morgan fingerprint density at radius 1 is 1.35 bits per heavy atom. The summed E-state index contributed by atoms with van der Waals surface area (Å²) in [6.07, 6.45) is 0.368. The summed E-state index contributed by atoms with van der Waals surface area (Å²) in [6, 6.07) is 7.18. The highest BCUT2D eigenvalue weighted by molar-refractivity contribution is 5.89. The Morgan fingerprint density at radius 2 is 2.04 bits per heavy atom. The zero-order valence-electron chi connectivity index (χ0n) is 13.7. The van der Waals surface area contributed by atoms with E-state index >= 15 is 0 Å². The number of β-amino-alcohol motifs (C(OH)–C–C–N with tert-alkyl or cyclic N) is 1. The minimum Gasteiger partial charge on any atom is -0.459 e. The molecule has 23 heavy (non-hydrogen) atoms. The molecule has 0 amide bonds. The molecule has 1 saturated heterocycles. The van der Waals surface area contributed by atoms with Crippen molar-refractivity contribution in [2.45, 2.75) is 19.4 Å². The standard InChI is InChI=1S/C17H26N2O4/c1-2-7-18-15-5-3-14(4-6-15)17(21)23-13-16(20)12-19-8-10-22-11-9-19/h3-6,16,18,20H,2,7-13H2,1H3. The summed E-state index contributed by atoms with van der Waals surface area (Å²) in [5.74, 6) is -0.409. The molecular formula is C17H26N2O4. The maximum atomic E-state index is 12.0. The highest BCUT2D eigenvalue weighted by Gasteiger charge is 2.16. The van der Waals surface area contributed by atoms with Crippen molar-refractivity contribution in [3.8, 4) is 0 Å². The molecule has 0 bridgehead atoms. The average molecular weight is 322 g/mol. The second kappa shape index (κ2) is 9.50. The van der Waals surface area contributed by atoms with E-state index in [9.17, 15) is 9.90 Å². The number of morpholine rings is 1. The van der Waals surface area contributed by atoms with Crippen molar-refractivity contribution in [3.63, 3.8) is 0 Å². The number of esters is 1. The van der Waals surface area contributed by atoms with Crippen LogP contribution in [0.25, 0.3) is 0 Å². The largest absolute Gasteiger partial charge is 0.459 e. The lowest BCUT2D eigenvalue weighted by Crippen LogP contribution is -2.42. The van der Waals surface area contributed by atoms with Crippen molar-refractivity contribution in [2.75, 3.05) is 51.3 Å². The molecule has 6 heteroatoms. The van der Waals surface area contributed by atoms with Gasteiger partial charge in [-0.05, 0) is 30.7 Å². The predicted octanol–water partition coefficient (Wildman–Crippen LogP) is 1.36. The van der Waals surface area contributed by atoms with Crippen LogP contribution in [0.2, 0.25) is 0 Å². The topological polar surface area (TPSA) is 71.0 Å². The van der Waals surface area contributed by atoms with Crippen LogP contribution in [0, 0.1) is 0 Å². The van der Waals surface area contributed by atoms with E-state index in [4.69, 9.17) is 9.47 Å². The molecule has 1 atom stereocenters. The number of nitrogens with one attached hydrogen (secondary N) is 1. The van der Waals surface area contributed by atoms with E-state index in [1.165, 1.54) is 0 Å². The summed E-state index contributed by atoms with van der Waals surface area (Å²) in [7, 11) is 0. The zero-order valence-corrected chi connectivity index (χ0v) is 13.7. The third-order valence-corrected chi connectivity index (χ3v) is 3.68. The molecule has 128 valence electrons. The number of hydrogen-bond donors (Lipinski definition) is 2. The Balaban J connectivity index is 1.72. The third kappa shape index (κ3) is 6.17. The molecule has 1 aromatic rings. The van der Waals surface area contributed by atoms with Crippen molar-refractivity contribution in [2.24, 2.45) is 0 Å². The van der Waals surface area contributed by atoms with Crippen LogP contribution in [0.15, 0.2) is 24.3 Å². The summed E-state index contributed by atoms with van der Waals surface area (Å²) in [5.41, 5.74) is 1.47. The van der Waals surface area contributed by atoms with E-state index in [2.05, 4.69) is 17.1 Å².